The lowest BCUT2D eigenvalue weighted by Gasteiger charge is -2.30. The molecule has 1 aliphatic rings. The largest absolute Gasteiger partial charge is 0.390 e. The van der Waals surface area contributed by atoms with Crippen molar-refractivity contribution in [2.75, 3.05) is 46.4 Å². The zero-order chi connectivity index (χ0) is 17.5. The highest BCUT2D eigenvalue weighted by Gasteiger charge is 2.20. The minimum atomic E-state index is -0.571. The Morgan fingerprint density at radius 3 is 2.58 bits per heavy atom. The van der Waals surface area contributed by atoms with E-state index in [9.17, 15) is 14.3 Å². The van der Waals surface area contributed by atoms with Gasteiger partial charge in [-0.2, -0.15) is 0 Å². The van der Waals surface area contributed by atoms with Crippen LogP contribution in [0.4, 0.5) is 4.39 Å². The van der Waals surface area contributed by atoms with Gasteiger partial charge in [0.2, 0.25) is 5.91 Å². The van der Waals surface area contributed by atoms with E-state index in [2.05, 4.69) is 4.90 Å². The first-order valence-corrected chi connectivity index (χ1v) is 8.43. The molecule has 134 valence electrons. The van der Waals surface area contributed by atoms with E-state index in [4.69, 9.17) is 4.74 Å². The Bertz CT molecular complexity index is 518. The number of ether oxygens (including phenoxy) is 1. The molecule has 1 saturated heterocycles. The molecule has 2 atom stereocenters. The molecule has 1 aromatic carbocycles. The number of amides is 1. The summed E-state index contributed by atoms with van der Waals surface area (Å²) >= 11 is 0. The summed E-state index contributed by atoms with van der Waals surface area (Å²) < 4.78 is 18.2. The standard InChI is InChI=1S/C18H27FN2O3/c1-14(15-3-5-16(19)6-4-15)11-18(23)20(2)12-17(22)13-21-7-9-24-10-8-21/h3-6,14,17,22H,7-13H2,1-2H3. The lowest BCUT2D eigenvalue weighted by atomic mass is 9.97. The van der Waals surface area contributed by atoms with Crippen LogP contribution in [-0.4, -0.2) is 73.4 Å². The number of rotatable bonds is 7. The summed E-state index contributed by atoms with van der Waals surface area (Å²) in [6.07, 6.45) is -0.231. The molecule has 1 heterocycles. The highest BCUT2D eigenvalue weighted by Crippen LogP contribution is 2.20. The van der Waals surface area contributed by atoms with Crippen LogP contribution >= 0.6 is 0 Å². The number of carbonyl (C=O) groups excluding carboxylic acids is 1. The number of β-amino-alcohol motifs (C(OH)–C–C–N with tert-alkyl or cyclic N) is 1. The van der Waals surface area contributed by atoms with Crippen LogP contribution in [0.25, 0.3) is 0 Å². The molecule has 24 heavy (non-hydrogen) atoms. The lowest BCUT2D eigenvalue weighted by molar-refractivity contribution is -0.131. The van der Waals surface area contributed by atoms with Crippen LogP contribution < -0.4 is 0 Å². The third-order valence-corrected chi connectivity index (χ3v) is 4.40. The van der Waals surface area contributed by atoms with Crippen molar-refractivity contribution in [3.05, 3.63) is 35.6 Å². The van der Waals surface area contributed by atoms with Crippen molar-refractivity contribution >= 4 is 5.91 Å². The molecule has 0 spiro atoms. The average Bonchev–Trinajstić information content (AvgIpc) is 2.56. The topological polar surface area (TPSA) is 53.0 Å². The van der Waals surface area contributed by atoms with Gasteiger partial charge in [-0.25, -0.2) is 4.39 Å². The summed E-state index contributed by atoms with van der Waals surface area (Å²) in [6, 6.07) is 6.24. The van der Waals surface area contributed by atoms with Crippen molar-refractivity contribution in [3.8, 4) is 0 Å². The van der Waals surface area contributed by atoms with E-state index in [-0.39, 0.29) is 17.6 Å². The molecule has 1 fully saturated rings. The molecule has 1 N–H and O–H groups in total. The number of benzene rings is 1. The summed E-state index contributed by atoms with van der Waals surface area (Å²) in [5.74, 6) is -0.287. The van der Waals surface area contributed by atoms with Crippen LogP contribution in [0.3, 0.4) is 0 Å². The summed E-state index contributed by atoms with van der Waals surface area (Å²) in [6.45, 7) is 5.82. The summed E-state index contributed by atoms with van der Waals surface area (Å²) in [4.78, 5) is 16.0. The Balaban J connectivity index is 1.77. The van der Waals surface area contributed by atoms with Crippen LogP contribution in [0.2, 0.25) is 0 Å². The fourth-order valence-electron chi connectivity index (χ4n) is 2.88. The van der Waals surface area contributed by atoms with Gasteiger partial charge in [-0.15, -0.1) is 0 Å². The maximum absolute atomic E-state index is 13.0. The molecule has 0 bridgehead atoms. The van der Waals surface area contributed by atoms with Gasteiger partial charge in [-0.05, 0) is 23.6 Å². The molecular weight excluding hydrogens is 311 g/mol. The Hall–Kier alpha value is -1.50. The molecule has 1 aromatic rings. The number of morpholine rings is 1. The van der Waals surface area contributed by atoms with Gasteiger partial charge >= 0.3 is 0 Å². The van der Waals surface area contributed by atoms with Gasteiger partial charge < -0.3 is 14.7 Å². The average molecular weight is 338 g/mol. The second-order valence-corrected chi connectivity index (χ2v) is 6.50. The van der Waals surface area contributed by atoms with Crippen molar-refractivity contribution in [2.45, 2.75) is 25.4 Å². The molecular formula is C18H27FN2O3. The van der Waals surface area contributed by atoms with Crippen molar-refractivity contribution in [2.24, 2.45) is 0 Å². The first-order chi connectivity index (χ1) is 11.5. The predicted octanol–water partition coefficient (Wildman–Crippen LogP) is 1.47. The molecule has 0 radical (unpaired) electrons. The van der Waals surface area contributed by atoms with Crippen molar-refractivity contribution in [1.82, 2.24) is 9.80 Å². The molecule has 0 aromatic heterocycles. The molecule has 1 amide bonds. The van der Waals surface area contributed by atoms with Gasteiger partial charge in [0, 0.05) is 39.6 Å². The normalized spacial score (nSPS) is 18.2. The zero-order valence-corrected chi connectivity index (χ0v) is 14.4. The molecule has 1 aliphatic heterocycles. The van der Waals surface area contributed by atoms with E-state index in [1.807, 2.05) is 6.92 Å². The van der Waals surface area contributed by atoms with Crippen LogP contribution in [0, 0.1) is 5.82 Å². The Labute approximate surface area is 143 Å². The zero-order valence-electron chi connectivity index (χ0n) is 14.4. The van der Waals surface area contributed by atoms with E-state index in [1.54, 1.807) is 24.1 Å². The summed E-state index contributed by atoms with van der Waals surface area (Å²) in [7, 11) is 1.71. The Kier molecular flexibility index (Phi) is 7.15. The number of aliphatic hydroxyl groups is 1. The third kappa shape index (κ3) is 5.85. The van der Waals surface area contributed by atoms with Crippen LogP contribution in [0.1, 0.15) is 24.8 Å². The minimum Gasteiger partial charge on any atom is -0.390 e. The van der Waals surface area contributed by atoms with E-state index in [0.29, 0.717) is 32.7 Å². The molecule has 6 heteroatoms. The summed E-state index contributed by atoms with van der Waals surface area (Å²) in [5, 5.41) is 10.2. The first-order valence-electron chi connectivity index (χ1n) is 8.43. The van der Waals surface area contributed by atoms with Gasteiger partial charge in [-0.3, -0.25) is 9.69 Å². The lowest BCUT2D eigenvalue weighted by Crippen LogP contribution is -2.45. The van der Waals surface area contributed by atoms with Gasteiger partial charge in [0.25, 0.3) is 0 Å². The number of hydrogen-bond donors (Lipinski definition) is 1. The van der Waals surface area contributed by atoms with Crippen molar-refractivity contribution in [1.29, 1.82) is 0 Å². The number of halogens is 1. The monoisotopic (exact) mass is 338 g/mol. The third-order valence-electron chi connectivity index (χ3n) is 4.40. The fourth-order valence-corrected chi connectivity index (χ4v) is 2.88. The van der Waals surface area contributed by atoms with E-state index in [1.165, 1.54) is 12.1 Å². The minimum absolute atomic E-state index is 0.0111. The number of hydrogen-bond acceptors (Lipinski definition) is 4. The predicted molar refractivity (Wildman–Crippen MR) is 90.3 cm³/mol. The van der Waals surface area contributed by atoms with Gasteiger partial charge in [-0.1, -0.05) is 19.1 Å². The van der Waals surface area contributed by atoms with Crippen LogP contribution in [0.15, 0.2) is 24.3 Å². The molecule has 0 saturated carbocycles. The molecule has 5 nitrogen and oxygen atoms in total. The fraction of sp³-hybridized carbons (Fsp3) is 0.611. The Morgan fingerprint density at radius 2 is 1.96 bits per heavy atom. The number of likely N-dealkylation sites (N-methyl/N-ethyl adjacent to an activating group) is 1. The number of carbonyl (C=O) groups is 1. The van der Waals surface area contributed by atoms with Crippen LogP contribution in [-0.2, 0) is 9.53 Å². The molecule has 2 rings (SSSR count). The van der Waals surface area contributed by atoms with Gasteiger partial charge in [0.1, 0.15) is 5.82 Å². The maximum Gasteiger partial charge on any atom is 0.223 e. The summed E-state index contributed by atoms with van der Waals surface area (Å²) in [5.41, 5.74) is 0.937. The van der Waals surface area contributed by atoms with Crippen molar-refractivity contribution < 1.29 is 19.0 Å². The molecule has 2 unspecified atom stereocenters. The van der Waals surface area contributed by atoms with E-state index in [0.717, 1.165) is 18.7 Å². The molecule has 0 aliphatic carbocycles. The smallest absolute Gasteiger partial charge is 0.223 e. The van der Waals surface area contributed by atoms with E-state index < -0.39 is 6.10 Å². The van der Waals surface area contributed by atoms with Gasteiger partial charge in [0.15, 0.2) is 0 Å². The number of nitrogens with zero attached hydrogens (tertiary/aromatic N) is 2. The Morgan fingerprint density at radius 1 is 1.33 bits per heavy atom. The van der Waals surface area contributed by atoms with Crippen LogP contribution in [0.5, 0.6) is 0 Å². The van der Waals surface area contributed by atoms with E-state index >= 15 is 0 Å². The maximum atomic E-state index is 13.0. The quantitative estimate of drug-likeness (QED) is 0.818. The highest BCUT2D eigenvalue weighted by atomic mass is 19.1. The van der Waals surface area contributed by atoms with Gasteiger partial charge in [0.05, 0.1) is 19.3 Å². The SMILES string of the molecule is CC(CC(=O)N(C)CC(O)CN1CCOCC1)c1ccc(F)cc1. The second-order valence-electron chi connectivity index (χ2n) is 6.50. The number of aliphatic hydroxyl groups excluding tert-OH is 1. The second kappa shape index (κ2) is 9.11. The van der Waals surface area contributed by atoms with Crippen molar-refractivity contribution in [3.63, 3.8) is 0 Å². The highest BCUT2D eigenvalue weighted by molar-refractivity contribution is 5.76. The first kappa shape index (κ1) is 18.8.